The van der Waals surface area contributed by atoms with Crippen LogP contribution in [0.1, 0.15) is 36.7 Å². The second kappa shape index (κ2) is 7.13. The molecule has 1 fully saturated rings. The molecule has 0 unspecified atom stereocenters. The summed E-state index contributed by atoms with van der Waals surface area (Å²) in [4.78, 5) is 27.4. The fraction of sp³-hybridized carbons (Fsp3) is 0.556. The number of carbonyl (C=O) groups excluding carboxylic acids is 2. The highest BCUT2D eigenvalue weighted by atomic mass is 16.6. The quantitative estimate of drug-likeness (QED) is 0.630. The molecular formula is C18H26N2O3. The monoisotopic (exact) mass is 318 g/mol. The molecule has 2 rings (SSSR count). The molecule has 0 aliphatic carbocycles. The predicted octanol–water partition coefficient (Wildman–Crippen LogP) is 2.27. The Morgan fingerprint density at radius 2 is 1.87 bits per heavy atom. The molecule has 1 saturated heterocycles. The van der Waals surface area contributed by atoms with E-state index in [-0.39, 0.29) is 5.97 Å². The van der Waals surface area contributed by atoms with Gasteiger partial charge in [-0.15, -0.1) is 0 Å². The average molecular weight is 318 g/mol. The summed E-state index contributed by atoms with van der Waals surface area (Å²) in [6.45, 7) is 11.1. The lowest BCUT2D eigenvalue weighted by Crippen LogP contribution is -2.49. The molecule has 1 aliphatic rings. The number of rotatable bonds is 4. The molecule has 1 heterocycles. The smallest absolute Gasteiger partial charge is 0.320 e. The third-order valence-corrected chi connectivity index (χ3v) is 3.80. The van der Waals surface area contributed by atoms with E-state index >= 15 is 0 Å². The fourth-order valence-corrected chi connectivity index (χ4v) is 2.73. The molecular weight excluding hydrogens is 292 g/mol. The van der Waals surface area contributed by atoms with Crippen molar-refractivity contribution in [3.63, 3.8) is 0 Å². The molecule has 0 saturated carbocycles. The summed E-state index contributed by atoms with van der Waals surface area (Å²) >= 11 is 0. The first-order valence-corrected chi connectivity index (χ1v) is 8.03. The fourth-order valence-electron chi connectivity index (χ4n) is 2.73. The first-order chi connectivity index (χ1) is 10.8. The van der Waals surface area contributed by atoms with Gasteiger partial charge in [0, 0.05) is 37.4 Å². The van der Waals surface area contributed by atoms with Crippen molar-refractivity contribution in [3.8, 4) is 0 Å². The van der Waals surface area contributed by atoms with E-state index in [0.29, 0.717) is 6.54 Å². The summed E-state index contributed by atoms with van der Waals surface area (Å²) in [5, 5.41) is 0. The van der Waals surface area contributed by atoms with Crippen LogP contribution in [-0.4, -0.2) is 55.5 Å². The number of hydrogen-bond acceptors (Lipinski definition) is 5. The van der Waals surface area contributed by atoms with E-state index in [1.807, 2.05) is 45.9 Å². The maximum atomic E-state index is 11.9. The van der Waals surface area contributed by atoms with Gasteiger partial charge < -0.3 is 9.64 Å². The summed E-state index contributed by atoms with van der Waals surface area (Å²) in [7, 11) is 0. The highest BCUT2D eigenvalue weighted by Crippen LogP contribution is 2.22. The van der Waals surface area contributed by atoms with Crippen molar-refractivity contribution in [1.82, 2.24) is 4.90 Å². The molecule has 5 heteroatoms. The molecule has 1 aliphatic heterocycles. The van der Waals surface area contributed by atoms with E-state index in [4.69, 9.17) is 4.74 Å². The van der Waals surface area contributed by atoms with E-state index in [1.165, 1.54) is 0 Å². The third-order valence-electron chi connectivity index (χ3n) is 3.80. The van der Waals surface area contributed by atoms with Crippen molar-refractivity contribution >= 4 is 17.9 Å². The van der Waals surface area contributed by atoms with Gasteiger partial charge in [0.05, 0.1) is 6.54 Å². The van der Waals surface area contributed by atoms with Crippen LogP contribution in [0.15, 0.2) is 18.2 Å². The largest absolute Gasteiger partial charge is 0.459 e. The van der Waals surface area contributed by atoms with Gasteiger partial charge in [0.2, 0.25) is 0 Å². The second-order valence-electron chi connectivity index (χ2n) is 7.03. The molecule has 0 radical (unpaired) electrons. The molecule has 0 spiro atoms. The maximum absolute atomic E-state index is 11.9. The zero-order valence-electron chi connectivity index (χ0n) is 14.5. The Kier molecular flexibility index (Phi) is 5.42. The van der Waals surface area contributed by atoms with Crippen LogP contribution < -0.4 is 4.90 Å². The Bertz CT molecular complexity index is 570. The summed E-state index contributed by atoms with van der Waals surface area (Å²) in [6, 6.07) is 5.87. The van der Waals surface area contributed by atoms with Crippen LogP contribution in [0.2, 0.25) is 0 Å². The van der Waals surface area contributed by atoms with Gasteiger partial charge in [-0.2, -0.15) is 0 Å². The summed E-state index contributed by atoms with van der Waals surface area (Å²) < 4.78 is 5.36. The first-order valence-electron chi connectivity index (χ1n) is 8.03. The zero-order chi connectivity index (χ0) is 17.0. The van der Waals surface area contributed by atoms with E-state index in [1.54, 1.807) is 0 Å². The van der Waals surface area contributed by atoms with Crippen LogP contribution in [0.25, 0.3) is 0 Å². The van der Waals surface area contributed by atoms with Gasteiger partial charge in [-0.3, -0.25) is 14.5 Å². The van der Waals surface area contributed by atoms with Crippen LogP contribution in [0.3, 0.4) is 0 Å². The van der Waals surface area contributed by atoms with E-state index in [9.17, 15) is 9.59 Å². The van der Waals surface area contributed by atoms with Crippen molar-refractivity contribution < 1.29 is 14.3 Å². The maximum Gasteiger partial charge on any atom is 0.320 e. The number of esters is 1. The number of anilines is 1. The molecule has 0 amide bonds. The highest BCUT2D eigenvalue weighted by molar-refractivity contribution is 5.85. The van der Waals surface area contributed by atoms with Gasteiger partial charge in [0.25, 0.3) is 0 Å². The van der Waals surface area contributed by atoms with Crippen LogP contribution in [-0.2, 0) is 9.53 Å². The summed E-state index contributed by atoms with van der Waals surface area (Å²) in [5.74, 6) is -0.185. The van der Waals surface area contributed by atoms with Gasteiger partial charge in [-0.05, 0) is 45.4 Å². The Balaban J connectivity index is 1.93. The minimum atomic E-state index is -0.445. The molecule has 0 atom stereocenters. The Labute approximate surface area is 138 Å². The number of hydrogen-bond donors (Lipinski definition) is 0. The zero-order valence-corrected chi connectivity index (χ0v) is 14.5. The van der Waals surface area contributed by atoms with Gasteiger partial charge in [-0.25, -0.2) is 0 Å². The lowest BCUT2D eigenvalue weighted by Gasteiger charge is -2.36. The molecule has 0 N–H and O–H groups in total. The van der Waals surface area contributed by atoms with Crippen LogP contribution in [0.4, 0.5) is 5.69 Å². The molecule has 0 bridgehead atoms. The lowest BCUT2D eigenvalue weighted by molar-refractivity contribution is -0.156. The van der Waals surface area contributed by atoms with Crippen LogP contribution in [0.5, 0.6) is 0 Å². The Morgan fingerprint density at radius 1 is 1.22 bits per heavy atom. The predicted molar refractivity (Wildman–Crippen MR) is 91.1 cm³/mol. The van der Waals surface area contributed by atoms with Crippen molar-refractivity contribution in [3.05, 3.63) is 29.3 Å². The summed E-state index contributed by atoms with van der Waals surface area (Å²) in [5.41, 5.74) is 2.40. The van der Waals surface area contributed by atoms with Crippen LogP contribution in [0, 0.1) is 6.92 Å². The lowest BCUT2D eigenvalue weighted by atomic mass is 10.1. The Morgan fingerprint density at radius 3 is 2.43 bits per heavy atom. The molecule has 5 nitrogen and oxygen atoms in total. The van der Waals surface area contributed by atoms with Gasteiger partial charge in [-0.1, -0.05) is 6.07 Å². The second-order valence-corrected chi connectivity index (χ2v) is 7.03. The van der Waals surface area contributed by atoms with Crippen molar-refractivity contribution in [2.75, 3.05) is 37.6 Å². The van der Waals surface area contributed by atoms with Gasteiger partial charge >= 0.3 is 5.97 Å². The number of benzene rings is 1. The van der Waals surface area contributed by atoms with E-state index < -0.39 is 5.60 Å². The molecule has 126 valence electrons. The van der Waals surface area contributed by atoms with Crippen molar-refractivity contribution in [2.45, 2.75) is 33.3 Å². The number of aryl methyl sites for hydroxylation is 1. The van der Waals surface area contributed by atoms with Crippen molar-refractivity contribution in [1.29, 1.82) is 0 Å². The van der Waals surface area contributed by atoms with Crippen LogP contribution >= 0.6 is 0 Å². The standard InChI is InChI=1S/C18H26N2O3/c1-14-5-6-15(13-21)16(11-14)20-9-7-19(8-10-20)12-17(22)23-18(2,3)4/h5-6,11,13H,7-10,12H2,1-4H3. The third kappa shape index (κ3) is 5.06. The summed E-state index contributed by atoms with van der Waals surface area (Å²) in [6.07, 6.45) is 0.905. The number of aldehydes is 1. The molecule has 0 aromatic heterocycles. The number of ether oxygens (including phenoxy) is 1. The Hall–Kier alpha value is -1.88. The van der Waals surface area contributed by atoms with E-state index in [2.05, 4.69) is 9.80 Å². The average Bonchev–Trinajstić information content (AvgIpc) is 2.46. The topological polar surface area (TPSA) is 49.9 Å². The molecule has 23 heavy (non-hydrogen) atoms. The van der Waals surface area contributed by atoms with Gasteiger partial charge in [0.1, 0.15) is 5.60 Å². The normalized spacial score (nSPS) is 16.3. The minimum absolute atomic E-state index is 0.185. The minimum Gasteiger partial charge on any atom is -0.459 e. The van der Waals surface area contributed by atoms with Gasteiger partial charge in [0.15, 0.2) is 6.29 Å². The molecule has 1 aromatic rings. The number of piperazine rings is 1. The number of carbonyl (C=O) groups is 2. The van der Waals surface area contributed by atoms with E-state index in [0.717, 1.165) is 49.3 Å². The highest BCUT2D eigenvalue weighted by Gasteiger charge is 2.23. The first kappa shape index (κ1) is 17.5. The SMILES string of the molecule is Cc1ccc(C=O)c(N2CCN(CC(=O)OC(C)(C)C)CC2)c1. The molecule has 1 aromatic carbocycles. The van der Waals surface area contributed by atoms with Crippen molar-refractivity contribution in [2.24, 2.45) is 0 Å². The number of nitrogens with zero attached hydrogens (tertiary/aromatic N) is 2.